The van der Waals surface area contributed by atoms with Crippen LogP contribution in [0.2, 0.25) is 0 Å². The zero-order chi connectivity index (χ0) is 15.1. The third kappa shape index (κ3) is 4.75. The van der Waals surface area contributed by atoms with Crippen molar-refractivity contribution in [1.29, 1.82) is 0 Å². The molecule has 0 amide bonds. The predicted molar refractivity (Wildman–Crippen MR) is 71.0 cm³/mol. The highest BCUT2D eigenvalue weighted by atomic mass is 16.4. The smallest absolute Gasteiger partial charge is 0.331 e. The van der Waals surface area contributed by atoms with Gasteiger partial charge in [-0.25, -0.2) is 4.79 Å². The molecule has 1 aromatic rings. The van der Waals surface area contributed by atoms with Crippen LogP contribution in [0.15, 0.2) is 42.0 Å². The molecule has 6 heteroatoms. The van der Waals surface area contributed by atoms with Crippen molar-refractivity contribution in [1.82, 2.24) is 0 Å². The van der Waals surface area contributed by atoms with Crippen LogP contribution in [0, 0.1) is 0 Å². The Labute approximate surface area is 116 Å². The summed E-state index contributed by atoms with van der Waals surface area (Å²) in [7, 11) is 0. The normalized spacial score (nSPS) is 16.5. The fourth-order valence-electron chi connectivity index (χ4n) is 1.66. The van der Waals surface area contributed by atoms with Gasteiger partial charge < -0.3 is 25.5 Å². The topological polar surface area (TPSA) is 118 Å². The first-order chi connectivity index (χ1) is 9.45. The largest absolute Gasteiger partial charge is 0.478 e. The average molecular weight is 282 g/mol. The van der Waals surface area contributed by atoms with E-state index in [1.165, 1.54) is 0 Å². The van der Waals surface area contributed by atoms with Crippen molar-refractivity contribution in [2.24, 2.45) is 0 Å². The van der Waals surface area contributed by atoms with Crippen LogP contribution in [-0.2, 0) is 11.2 Å². The minimum absolute atomic E-state index is 0.0785. The molecule has 0 bridgehead atoms. The predicted octanol–water partition coefficient (Wildman–Crippen LogP) is -0.685. The number of hydrogen-bond donors (Lipinski definition) is 5. The molecule has 20 heavy (non-hydrogen) atoms. The van der Waals surface area contributed by atoms with Gasteiger partial charge in [0, 0.05) is 12.0 Å². The van der Waals surface area contributed by atoms with E-state index in [1.807, 2.05) is 0 Å². The SMILES string of the molecule is O=C(O)/C(=C/[C@@H](O)[C@H](O)[C@@H](O)CO)Cc1ccccc1. The maximum Gasteiger partial charge on any atom is 0.331 e. The highest BCUT2D eigenvalue weighted by Gasteiger charge is 2.24. The summed E-state index contributed by atoms with van der Waals surface area (Å²) in [5, 5.41) is 46.1. The Bertz CT molecular complexity index is 456. The fraction of sp³-hybridized carbons (Fsp3) is 0.357. The van der Waals surface area contributed by atoms with Crippen LogP contribution in [-0.4, -0.2) is 56.4 Å². The summed E-state index contributed by atoms with van der Waals surface area (Å²) in [6, 6.07) is 8.79. The number of carbonyl (C=O) groups is 1. The molecule has 0 heterocycles. The van der Waals surface area contributed by atoms with Crippen LogP contribution in [0.25, 0.3) is 0 Å². The third-order valence-corrected chi connectivity index (χ3v) is 2.82. The summed E-state index contributed by atoms with van der Waals surface area (Å²) in [5.41, 5.74) is 0.637. The molecule has 0 saturated carbocycles. The van der Waals surface area contributed by atoms with E-state index in [2.05, 4.69) is 0 Å². The van der Waals surface area contributed by atoms with E-state index in [9.17, 15) is 20.1 Å². The number of benzene rings is 1. The number of aliphatic hydroxyl groups is 4. The molecule has 0 aliphatic carbocycles. The van der Waals surface area contributed by atoms with E-state index in [1.54, 1.807) is 30.3 Å². The zero-order valence-corrected chi connectivity index (χ0v) is 10.8. The van der Waals surface area contributed by atoms with Gasteiger partial charge >= 0.3 is 5.97 Å². The Kier molecular flexibility index (Phi) is 6.33. The van der Waals surface area contributed by atoms with Crippen molar-refractivity contribution in [2.75, 3.05) is 6.61 Å². The fourth-order valence-corrected chi connectivity index (χ4v) is 1.66. The maximum atomic E-state index is 11.1. The Morgan fingerprint density at radius 2 is 1.75 bits per heavy atom. The molecule has 0 saturated heterocycles. The first kappa shape index (κ1) is 16.3. The summed E-state index contributed by atoms with van der Waals surface area (Å²) in [6.45, 7) is -0.729. The summed E-state index contributed by atoms with van der Waals surface area (Å²) in [4.78, 5) is 11.1. The van der Waals surface area contributed by atoms with Gasteiger partial charge in [0.25, 0.3) is 0 Å². The van der Waals surface area contributed by atoms with E-state index in [0.29, 0.717) is 0 Å². The van der Waals surface area contributed by atoms with E-state index < -0.39 is 30.9 Å². The van der Waals surface area contributed by atoms with Crippen LogP contribution >= 0.6 is 0 Å². The standard InChI is InChI=1S/C14H18O6/c15-8-12(17)13(18)11(16)7-10(14(19)20)6-9-4-2-1-3-5-9/h1-5,7,11-13,15-18H,6,8H2,(H,19,20)/b10-7+/t11-,12+,13+/m1/s1. The molecule has 0 aromatic heterocycles. The number of carboxylic acids is 1. The van der Waals surface area contributed by atoms with Crippen molar-refractivity contribution in [2.45, 2.75) is 24.7 Å². The summed E-state index contributed by atoms with van der Waals surface area (Å²) >= 11 is 0. The quantitative estimate of drug-likeness (QED) is 0.423. The number of aliphatic hydroxyl groups excluding tert-OH is 4. The van der Waals surface area contributed by atoms with E-state index in [0.717, 1.165) is 11.6 Å². The molecule has 6 nitrogen and oxygen atoms in total. The van der Waals surface area contributed by atoms with Crippen molar-refractivity contribution in [3.63, 3.8) is 0 Å². The molecule has 0 aliphatic heterocycles. The lowest BCUT2D eigenvalue weighted by Crippen LogP contribution is -2.38. The number of carboxylic acid groups (broad SMARTS) is 1. The first-order valence-electron chi connectivity index (χ1n) is 6.08. The molecular formula is C14H18O6. The van der Waals surface area contributed by atoms with Crippen LogP contribution in [0.3, 0.4) is 0 Å². The van der Waals surface area contributed by atoms with Gasteiger partial charge in [-0.2, -0.15) is 0 Å². The van der Waals surface area contributed by atoms with Crippen LogP contribution < -0.4 is 0 Å². The Morgan fingerprint density at radius 3 is 2.25 bits per heavy atom. The summed E-state index contributed by atoms with van der Waals surface area (Å²) in [6.07, 6.45) is -3.71. The average Bonchev–Trinajstić information content (AvgIpc) is 2.45. The number of rotatable bonds is 7. The molecule has 0 aliphatic rings. The van der Waals surface area contributed by atoms with E-state index in [-0.39, 0.29) is 12.0 Å². The second-order valence-electron chi connectivity index (χ2n) is 4.39. The third-order valence-electron chi connectivity index (χ3n) is 2.82. The summed E-state index contributed by atoms with van der Waals surface area (Å²) < 4.78 is 0. The lowest BCUT2D eigenvalue weighted by atomic mass is 10.0. The Balaban J connectivity index is 2.85. The van der Waals surface area contributed by atoms with Gasteiger partial charge in [0.15, 0.2) is 0 Å². The van der Waals surface area contributed by atoms with Crippen molar-refractivity contribution >= 4 is 5.97 Å². The van der Waals surface area contributed by atoms with Gasteiger partial charge in [-0.15, -0.1) is 0 Å². The molecule has 3 atom stereocenters. The highest BCUT2D eigenvalue weighted by molar-refractivity contribution is 5.87. The zero-order valence-electron chi connectivity index (χ0n) is 10.8. The lowest BCUT2D eigenvalue weighted by Gasteiger charge is -2.19. The van der Waals surface area contributed by atoms with Gasteiger partial charge in [-0.1, -0.05) is 30.3 Å². The van der Waals surface area contributed by atoms with Gasteiger partial charge in [-0.3, -0.25) is 0 Å². The molecule has 0 unspecified atom stereocenters. The van der Waals surface area contributed by atoms with Gasteiger partial charge in [-0.05, 0) is 11.6 Å². The van der Waals surface area contributed by atoms with Crippen molar-refractivity contribution in [3.8, 4) is 0 Å². The van der Waals surface area contributed by atoms with E-state index >= 15 is 0 Å². The molecule has 110 valence electrons. The second-order valence-corrected chi connectivity index (χ2v) is 4.39. The molecule has 1 rings (SSSR count). The Hall–Kier alpha value is -1.73. The molecule has 5 N–H and O–H groups in total. The van der Waals surface area contributed by atoms with Crippen molar-refractivity contribution in [3.05, 3.63) is 47.5 Å². The van der Waals surface area contributed by atoms with Crippen LogP contribution in [0.5, 0.6) is 0 Å². The van der Waals surface area contributed by atoms with Gasteiger partial charge in [0.2, 0.25) is 0 Å². The van der Waals surface area contributed by atoms with Gasteiger partial charge in [0.1, 0.15) is 18.3 Å². The number of hydrogen-bond acceptors (Lipinski definition) is 5. The lowest BCUT2D eigenvalue weighted by molar-refractivity contribution is -0.132. The second kappa shape index (κ2) is 7.76. The Morgan fingerprint density at radius 1 is 1.15 bits per heavy atom. The molecule has 1 aromatic carbocycles. The first-order valence-corrected chi connectivity index (χ1v) is 6.08. The van der Waals surface area contributed by atoms with Crippen molar-refractivity contribution < 1.29 is 30.3 Å². The van der Waals surface area contributed by atoms with Gasteiger partial charge in [0.05, 0.1) is 6.61 Å². The number of aliphatic carboxylic acids is 1. The molecule has 0 fully saturated rings. The molecule has 0 radical (unpaired) electrons. The monoisotopic (exact) mass is 282 g/mol. The maximum absolute atomic E-state index is 11.1. The van der Waals surface area contributed by atoms with Crippen LogP contribution in [0.4, 0.5) is 0 Å². The molecular weight excluding hydrogens is 264 g/mol. The van der Waals surface area contributed by atoms with E-state index in [4.69, 9.17) is 10.2 Å². The molecule has 0 spiro atoms. The minimum atomic E-state index is -1.65. The minimum Gasteiger partial charge on any atom is -0.478 e. The summed E-state index contributed by atoms with van der Waals surface area (Å²) in [5.74, 6) is -1.22. The highest BCUT2D eigenvalue weighted by Crippen LogP contribution is 2.11. The van der Waals surface area contributed by atoms with Crippen LogP contribution in [0.1, 0.15) is 5.56 Å².